The maximum absolute atomic E-state index is 10.2. The highest BCUT2D eigenvalue weighted by molar-refractivity contribution is 5.44. The molecule has 0 aromatic heterocycles. The summed E-state index contributed by atoms with van der Waals surface area (Å²) in [5, 5.41) is 10.2. The van der Waals surface area contributed by atoms with Crippen molar-refractivity contribution in [1.82, 2.24) is 4.90 Å². The first kappa shape index (κ1) is 17.4. The molecule has 1 aliphatic rings. The van der Waals surface area contributed by atoms with Gasteiger partial charge in [0, 0.05) is 29.8 Å². The second-order valence-electron chi connectivity index (χ2n) is 5.77. The first-order valence-electron chi connectivity index (χ1n) is 7.82. The van der Waals surface area contributed by atoms with Crippen molar-refractivity contribution in [2.24, 2.45) is 11.8 Å². The number of aliphatic hydroxyl groups is 1. The summed E-state index contributed by atoms with van der Waals surface area (Å²) in [5.74, 6) is 0.791. The van der Waals surface area contributed by atoms with Crippen molar-refractivity contribution < 1.29 is 5.11 Å². The average Bonchev–Trinajstić information content (AvgIpc) is 2.69. The van der Waals surface area contributed by atoms with Crippen molar-refractivity contribution in [1.29, 1.82) is 0 Å². The Labute approximate surface area is 129 Å². The lowest BCUT2D eigenvalue weighted by molar-refractivity contribution is 0.347. The van der Waals surface area contributed by atoms with E-state index in [1.54, 1.807) is 0 Å². The molecule has 2 nitrogen and oxygen atoms in total. The van der Waals surface area contributed by atoms with Crippen molar-refractivity contribution in [3.05, 3.63) is 59.7 Å². The van der Waals surface area contributed by atoms with Crippen molar-refractivity contribution >= 4 is 0 Å². The van der Waals surface area contributed by atoms with Gasteiger partial charge in [0.15, 0.2) is 0 Å². The predicted molar refractivity (Wildman–Crippen MR) is 91.8 cm³/mol. The monoisotopic (exact) mass is 287 g/mol. The molecule has 2 heteroatoms. The van der Waals surface area contributed by atoms with Crippen LogP contribution in [0.5, 0.6) is 0 Å². The summed E-state index contributed by atoms with van der Waals surface area (Å²) in [6, 6.07) is 0. The molecule has 116 valence electrons. The molecule has 0 fully saturated rings. The minimum Gasteiger partial charge on any atom is -0.512 e. The Morgan fingerprint density at radius 2 is 2.10 bits per heavy atom. The topological polar surface area (TPSA) is 23.5 Å². The summed E-state index contributed by atoms with van der Waals surface area (Å²) in [5.41, 5.74) is 3.61. The van der Waals surface area contributed by atoms with Gasteiger partial charge in [0.2, 0.25) is 0 Å². The summed E-state index contributed by atoms with van der Waals surface area (Å²) in [6.07, 6.45) is 11.2. The van der Waals surface area contributed by atoms with Crippen LogP contribution in [0, 0.1) is 11.8 Å². The molecule has 0 saturated heterocycles. The van der Waals surface area contributed by atoms with Crippen molar-refractivity contribution in [2.75, 3.05) is 6.54 Å². The zero-order valence-corrected chi connectivity index (χ0v) is 14.1. The molecule has 21 heavy (non-hydrogen) atoms. The van der Waals surface area contributed by atoms with Crippen LogP contribution in [0.4, 0.5) is 0 Å². The smallest absolute Gasteiger partial charge is 0.0968 e. The van der Waals surface area contributed by atoms with Gasteiger partial charge in [-0.25, -0.2) is 0 Å². The molecule has 1 unspecified atom stereocenters. The van der Waals surface area contributed by atoms with Gasteiger partial charge in [-0.3, -0.25) is 0 Å². The molecular formula is C19H29NO. The molecule has 0 aromatic rings. The number of aliphatic hydroxyl groups excluding tert-OH is 1. The van der Waals surface area contributed by atoms with E-state index >= 15 is 0 Å². The Morgan fingerprint density at radius 3 is 2.57 bits per heavy atom. The minimum atomic E-state index is 0.138. The summed E-state index contributed by atoms with van der Waals surface area (Å²) < 4.78 is 0. The van der Waals surface area contributed by atoms with Gasteiger partial charge in [-0.2, -0.15) is 0 Å². The van der Waals surface area contributed by atoms with Crippen LogP contribution in [-0.2, 0) is 0 Å². The molecule has 0 spiro atoms. The fourth-order valence-corrected chi connectivity index (χ4v) is 2.56. The molecule has 0 bridgehead atoms. The van der Waals surface area contributed by atoms with E-state index in [4.69, 9.17) is 0 Å². The van der Waals surface area contributed by atoms with Crippen LogP contribution in [0.3, 0.4) is 0 Å². The maximum Gasteiger partial charge on any atom is 0.0968 e. The van der Waals surface area contributed by atoms with Gasteiger partial charge in [-0.05, 0) is 38.0 Å². The molecule has 1 N–H and O–H groups in total. The Bertz CT molecular complexity index is 492. The third kappa shape index (κ3) is 3.90. The van der Waals surface area contributed by atoms with Crippen LogP contribution in [0.1, 0.15) is 41.0 Å². The number of rotatable bonds is 6. The van der Waals surface area contributed by atoms with Crippen LogP contribution in [-0.4, -0.2) is 16.6 Å². The molecule has 0 aromatic carbocycles. The van der Waals surface area contributed by atoms with E-state index in [1.165, 1.54) is 11.3 Å². The molecule has 0 amide bonds. The normalized spacial score (nSPS) is 22.2. The lowest BCUT2D eigenvalue weighted by Crippen LogP contribution is -2.20. The number of allylic oxidation sites excluding steroid dienone is 6. The van der Waals surface area contributed by atoms with E-state index in [1.807, 2.05) is 39.0 Å². The molecule has 1 rings (SSSR count). The fourth-order valence-electron chi connectivity index (χ4n) is 2.56. The summed E-state index contributed by atoms with van der Waals surface area (Å²) in [4.78, 5) is 2.31. The van der Waals surface area contributed by atoms with E-state index in [0.717, 1.165) is 18.7 Å². The van der Waals surface area contributed by atoms with Gasteiger partial charge in [0.25, 0.3) is 0 Å². The van der Waals surface area contributed by atoms with Crippen LogP contribution in [0.2, 0.25) is 0 Å². The average molecular weight is 287 g/mol. The third-order valence-electron chi connectivity index (χ3n) is 3.81. The second kappa shape index (κ2) is 7.92. The zero-order chi connectivity index (χ0) is 16.0. The highest BCUT2D eigenvalue weighted by Crippen LogP contribution is 2.39. The molecule has 1 aliphatic heterocycles. The molecule has 0 aliphatic carbocycles. The van der Waals surface area contributed by atoms with Crippen LogP contribution in [0.25, 0.3) is 0 Å². The van der Waals surface area contributed by atoms with Crippen LogP contribution < -0.4 is 0 Å². The molecule has 1 atom stereocenters. The van der Waals surface area contributed by atoms with E-state index in [0.29, 0.717) is 5.76 Å². The SMILES string of the molecule is C=CC1C(C)=C(/C=C(/O)C(C)C)N(CCC)/C1=C/C=C\C. The standard InChI is InChI=1S/C19H29NO/c1-7-10-11-17-16(9-3)15(6)18(20(17)12-8-2)13-19(21)14(4)5/h7,9-11,13-14,16,21H,3,8,12H2,1-2,4-6H3/b10-7-,17-11+,19-13+. The Morgan fingerprint density at radius 1 is 1.43 bits per heavy atom. The second-order valence-corrected chi connectivity index (χ2v) is 5.77. The number of nitrogens with zero attached hydrogens (tertiary/aromatic N) is 1. The van der Waals surface area contributed by atoms with E-state index in [2.05, 4.69) is 37.5 Å². The highest BCUT2D eigenvalue weighted by Gasteiger charge is 2.30. The highest BCUT2D eigenvalue weighted by atomic mass is 16.3. The fraction of sp³-hybridized carbons (Fsp3) is 0.474. The van der Waals surface area contributed by atoms with Crippen LogP contribution in [0.15, 0.2) is 59.7 Å². The van der Waals surface area contributed by atoms with Gasteiger partial charge >= 0.3 is 0 Å². The van der Waals surface area contributed by atoms with E-state index < -0.39 is 0 Å². The number of hydrogen-bond donors (Lipinski definition) is 1. The Hall–Kier alpha value is -1.70. The first-order valence-corrected chi connectivity index (χ1v) is 7.82. The van der Waals surface area contributed by atoms with Gasteiger partial charge in [-0.1, -0.05) is 39.0 Å². The Balaban J connectivity index is 3.33. The molecule has 1 heterocycles. The van der Waals surface area contributed by atoms with Crippen LogP contribution >= 0.6 is 0 Å². The van der Waals surface area contributed by atoms with Gasteiger partial charge in [-0.15, -0.1) is 6.58 Å². The predicted octanol–water partition coefficient (Wildman–Crippen LogP) is 5.35. The third-order valence-corrected chi connectivity index (χ3v) is 3.81. The Kier molecular flexibility index (Phi) is 6.54. The minimum absolute atomic E-state index is 0.138. The van der Waals surface area contributed by atoms with Crippen molar-refractivity contribution in [2.45, 2.75) is 41.0 Å². The van der Waals surface area contributed by atoms with Crippen molar-refractivity contribution in [3.63, 3.8) is 0 Å². The molecule has 0 saturated carbocycles. The summed E-state index contributed by atoms with van der Waals surface area (Å²) >= 11 is 0. The zero-order valence-electron chi connectivity index (χ0n) is 14.1. The summed E-state index contributed by atoms with van der Waals surface area (Å²) in [6.45, 7) is 15.3. The van der Waals surface area contributed by atoms with Gasteiger partial charge in [0.1, 0.15) is 0 Å². The largest absolute Gasteiger partial charge is 0.512 e. The van der Waals surface area contributed by atoms with E-state index in [9.17, 15) is 5.11 Å². The lowest BCUT2D eigenvalue weighted by atomic mass is 9.98. The first-order chi connectivity index (χ1) is 9.97. The van der Waals surface area contributed by atoms with E-state index in [-0.39, 0.29) is 11.8 Å². The molecular weight excluding hydrogens is 258 g/mol. The van der Waals surface area contributed by atoms with Crippen molar-refractivity contribution in [3.8, 4) is 0 Å². The maximum atomic E-state index is 10.2. The lowest BCUT2D eigenvalue weighted by Gasteiger charge is -2.24. The van der Waals surface area contributed by atoms with Gasteiger partial charge in [0.05, 0.1) is 5.76 Å². The number of hydrogen-bond acceptors (Lipinski definition) is 2. The van der Waals surface area contributed by atoms with Gasteiger partial charge < -0.3 is 10.0 Å². The summed E-state index contributed by atoms with van der Waals surface area (Å²) in [7, 11) is 0. The molecule has 0 radical (unpaired) electrons. The quantitative estimate of drug-likeness (QED) is 0.526.